The van der Waals surface area contributed by atoms with E-state index in [9.17, 15) is 29.8 Å². The number of rotatable bonds is 8. The van der Waals surface area contributed by atoms with Crippen molar-refractivity contribution in [2.75, 3.05) is 23.7 Å². The van der Waals surface area contributed by atoms with E-state index in [1.807, 2.05) is 0 Å². The second kappa shape index (κ2) is 9.59. The Morgan fingerprint density at radius 2 is 1.21 bits per heavy atom. The lowest BCUT2D eigenvalue weighted by Crippen LogP contribution is -2.21. The summed E-state index contributed by atoms with van der Waals surface area (Å²) in [6.45, 7) is -0.576. The second-order valence-electron chi connectivity index (χ2n) is 5.49. The number of nitrogens with two attached hydrogens (primary N) is 2. The van der Waals surface area contributed by atoms with E-state index < -0.39 is 21.7 Å². The molecule has 152 valence electrons. The van der Waals surface area contributed by atoms with Crippen LogP contribution in [0.5, 0.6) is 0 Å². The number of benzene rings is 2. The van der Waals surface area contributed by atoms with Gasteiger partial charge < -0.3 is 22.1 Å². The van der Waals surface area contributed by atoms with Gasteiger partial charge in [0.25, 0.3) is 11.4 Å². The van der Waals surface area contributed by atoms with Gasteiger partial charge in [0, 0.05) is 23.5 Å². The predicted octanol–water partition coefficient (Wildman–Crippen LogP) is 1.45. The van der Waals surface area contributed by atoms with E-state index in [0.29, 0.717) is 0 Å². The maximum Gasteiger partial charge on any atom is 0.285 e. The zero-order valence-corrected chi connectivity index (χ0v) is 15.6. The van der Waals surface area contributed by atoms with Crippen molar-refractivity contribution in [3.05, 3.63) is 56.6 Å². The molecule has 0 aliphatic rings. The first kappa shape index (κ1) is 21.7. The van der Waals surface area contributed by atoms with Crippen LogP contribution in [0.2, 0.25) is 0 Å². The molecule has 0 saturated heterocycles. The average Bonchev–Trinajstić information content (AvgIpc) is 2.69. The highest BCUT2D eigenvalue weighted by molar-refractivity contribution is 7.99. The third-order valence-electron chi connectivity index (χ3n) is 3.47. The molecule has 0 fully saturated rings. The Balaban J connectivity index is 2.39. The van der Waals surface area contributed by atoms with Gasteiger partial charge in [-0.2, -0.15) is 0 Å². The molecule has 0 saturated carbocycles. The van der Waals surface area contributed by atoms with Gasteiger partial charge in [0.1, 0.15) is 0 Å². The van der Waals surface area contributed by atoms with Crippen LogP contribution in [0.4, 0.5) is 22.7 Å². The maximum atomic E-state index is 11.4. The van der Waals surface area contributed by atoms with E-state index in [0.717, 1.165) is 23.9 Å². The summed E-state index contributed by atoms with van der Waals surface area (Å²) < 4.78 is 0. The molecule has 0 spiro atoms. The van der Waals surface area contributed by atoms with Gasteiger partial charge in [0.15, 0.2) is 0 Å². The summed E-state index contributed by atoms with van der Waals surface area (Å²) in [6.07, 6.45) is 0. The minimum absolute atomic E-state index is 0.127. The van der Waals surface area contributed by atoms with Crippen LogP contribution in [0.1, 0.15) is 0 Å². The van der Waals surface area contributed by atoms with Crippen LogP contribution in [0, 0.1) is 20.2 Å². The Labute approximate surface area is 167 Å². The van der Waals surface area contributed by atoms with Crippen LogP contribution >= 0.6 is 11.8 Å². The summed E-state index contributed by atoms with van der Waals surface area (Å²) in [5.74, 6) is -1.05. The molecule has 0 heterocycles. The van der Waals surface area contributed by atoms with Gasteiger partial charge in [-0.05, 0) is 24.3 Å². The monoisotopic (exact) mass is 420 g/mol. The highest BCUT2D eigenvalue weighted by Crippen LogP contribution is 2.41. The molecule has 2 rings (SSSR count). The molecular formula is C16H16N6O6S. The summed E-state index contributed by atoms with van der Waals surface area (Å²) in [5, 5.41) is 27.6. The van der Waals surface area contributed by atoms with Crippen molar-refractivity contribution in [1.82, 2.24) is 0 Å². The standard InChI is InChI=1S/C16H16N6O6S/c17-7-15(23)19-9-1-3-13(11(5-9)21(25)26)29-14-4-2-10(20-16(24)8-18)6-12(14)22(27)28/h1-6H,7-8,17-18H2,(H,19,23)(H,20,24). The lowest BCUT2D eigenvalue weighted by molar-refractivity contribution is -0.388. The fourth-order valence-electron chi connectivity index (χ4n) is 2.19. The van der Waals surface area contributed by atoms with Gasteiger partial charge in [-0.25, -0.2) is 0 Å². The third-order valence-corrected chi connectivity index (χ3v) is 4.60. The Bertz CT molecular complexity index is 905. The first-order valence-corrected chi connectivity index (χ1v) is 8.81. The normalized spacial score (nSPS) is 10.3. The molecule has 2 amide bonds. The highest BCUT2D eigenvalue weighted by Gasteiger charge is 2.22. The summed E-state index contributed by atoms with van der Waals surface area (Å²) in [6, 6.07) is 7.84. The number of nitro groups is 2. The smallest absolute Gasteiger partial charge is 0.285 e. The first-order chi connectivity index (χ1) is 13.7. The maximum absolute atomic E-state index is 11.4. The zero-order chi connectivity index (χ0) is 21.6. The Morgan fingerprint density at radius 3 is 1.52 bits per heavy atom. The molecule has 0 aliphatic heterocycles. The zero-order valence-electron chi connectivity index (χ0n) is 14.8. The number of anilines is 2. The molecule has 2 aromatic rings. The molecule has 0 aliphatic carbocycles. The average molecular weight is 420 g/mol. The molecule has 0 bridgehead atoms. The van der Waals surface area contributed by atoms with Crippen molar-refractivity contribution < 1.29 is 19.4 Å². The topological polar surface area (TPSA) is 197 Å². The second-order valence-corrected chi connectivity index (χ2v) is 6.57. The Hall–Kier alpha value is -3.55. The summed E-state index contributed by atoms with van der Waals surface area (Å²) in [5.41, 5.74) is 10.0. The Kier molecular flexibility index (Phi) is 7.19. The van der Waals surface area contributed by atoms with E-state index in [4.69, 9.17) is 11.5 Å². The lowest BCUT2D eigenvalue weighted by Gasteiger charge is -2.09. The van der Waals surface area contributed by atoms with Gasteiger partial charge in [-0.15, -0.1) is 0 Å². The predicted molar refractivity (Wildman–Crippen MR) is 106 cm³/mol. The molecule has 0 unspecified atom stereocenters. The summed E-state index contributed by atoms with van der Waals surface area (Å²) in [4.78, 5) is 44.5. The van der Waals surface area contributed by atoms with E-state index in [1.165, 1.54) is 24.3 Å². The van der Waals surface area contributed by atoms with Crippen LogP contribution in [0.15, 0.2) is 46.2 Å². The molecule has 0 aromatic heterocycles. The van der Waals surface area contributed by atoms with Crippen LogP contribution in [0.3, 0.4) is 0 Å². The van der Waals surface area contributed by atoms with E-state index in [-0.39, 0.29) is 45.6 Å². The van der Waals surface area contributed by atoms with Gasteiger partial charge in [-0.1, -0.05) is 11.8 Å². The number of nitrogens with one attached hydrogen (secondary N) is 2. The third kappa shape index (κ3) is 5.71. The van der Waals surface area contributed by atoms with Crippen molar-refractivity contribution in [3.63, 3.8) is 0 Å². The van der Waals surface area contributed by atoms with Crippen molar-refractivity contribution in [2.24, 2.45) is 11.5 Å². The largest absolute Gasteiger partial charge is 0.325 e. The number of hydrogen-bond donors (Lipinski definition) is 4. The molecule has 29 heavy (non-hydrogen) atoms. The van der Waals surface area contributed by atoms with Gasteiger partial charge in [0.05, 0.1) is 32.7 Å². The van der Waals surface area contributed by atoms with Gasteiger partial charge in [0.2, 0.25) is 11.8 Å². The van der Waals surface area contributed by atoms with Crippen LogP contribution in [-0.4, -0.2) is 34.8 Å². The van der Waals surface area contributed by atoms with Crippen molar-refractivity contribution in [3.8, 4) is 0 Å². The molecule has 2 aromatic carbocycles. The summed E-state index contributed by atoms with van der Waals surface area (Å²) in [7, 11) is 0. The van der Waals surface area contributed by atoms with Crippen LogP contribution in [-0.2, 0) is 9.59 Å². The van der Waals surface area contributed by atoms with E-state index in [1.54, 1.807) is 0 Å². The fourth-order valence-corrected chi connectivity index (χ4v) is 3.18. The van der Waals surface area contributed by atoms with Crippen LogP contribution < -0.4 is 22.1 Å². The minimum Gasteiger partial charge on any atom is -0.325 e. The SMILES string of the molecule is NCC(=O)Nc1ccc(Sc2ccc(NC(=O)CN)cc2[N+](=O)[O-])c([N+](=O)[O-])c1. The number of hydrogen-bond acceptors (Lipinski definition) is 9. The molecule has 6 N–H and O–H groups in total. The van der Waals surface area contributed by atoms with Crippen molar-refractivity contribution in [2.45, 2.75) is 9.79 Å². The number of carbonyl (C=O) groups excluding carboxylic acids is 2. The molecule has 13 heteroatoms. The fraction of sp³-hybridized carbons (Fsp3) is 0.125. The Morgan fingerprint density at radius 1 is 0.828 bits per heavy atom. The number of nitrogens with zero attached hydrogens (tertiary/aromatic N) is 2. The summed E-state index contributed by atoms with van der Waals surface area (Å²) >= 11 is 0.806. The quantitative estimate of drug-likeness (QED) is 0.360. The van der Waals surface area contributed by atoms with Gasteiger partial charge >= 0.3 is 0 Å². The van der Waals surface area contributed by atoms with Crippen LogP contribution in [0.25, 0.3) is 0 Å². The van der Waals surface area contributed by atoms with Gasteiger partial charge in [-0.3, -0.25) is 29.8 Å². The molecule has 12 nitrogen and oxygen atoms in total. The first-order valence-electron chi connectivity index (χ1n) is 7.99. The minimum atomic E-state index is -0.665. The van der Waals surface area contributed by atoms with Crippen molar-refractivity contribution >= 4 is 46.3 Å². The van der Waals surface area contributed by atoms with E-state index in [2.05, 4.69) is 10.6 Å². The van der Waals surface area contributed by atoms with Crippen molar-refractivity contribution in [1.29, 1.82) is 0 Å². The van der Waals surface area contributed by atoms with E-state index >= 15 is 0 Å². The molecule has 0 radical (unpaired) electrons. The number of amides is 2. The lowest BCUT2D eigenvalue weighted by atomic mass is 10.2. The highest BCUT2D eigenvalue weighted by atomic mass is 32.2. The molecule has 0 atom stereocenters. The molecular weight excluding hydrogens is 404 g/mol. The number of nitro benzene ring substituents is 2. The number of carbonyl (C=O) groups is 2.